The average Bonchev–Trinajstić information content (AvgIpc) is 2.34. The van der Waals surface area contributed by atoms with Crippen molar-refractivity contribution in [3.8, 4) is 11.3 Å². The molecule has 0 bridgehead atoms. The van der Waals surface area contributed by atoms with E-state index in [1.807, 2.05) is 6.92 Å². The first kappa shape index (κ1) is 12.6. The molecular formula is C16H17ClN2. The summed E-state index contributed by atoms with van der Waals surface area (Å²) in [5, 5.41) is 8.81. The van der Waals surface area contributed by atoms with Gasteiger partial charge < -0.3 is 0 Å². The van der Waals surface area contributed by atoms with Crippen molar-refractivity contribution in [2.24, 2.45) is 0 Å². The second-order valence-corrected chi connectivity index (χ2v) is 5.70. The van der Waals surface area contributed by atoms with Gasteiger partial charge in [-0.15, -0.1) is 10.2 Å². The van der Waals surface area contributed by atoms with Crippen LogP contribution >= 0.6 is 11.6 Å². The summed E-state index contributed by atoms with van der Waals surface area (Å²) in [5.41, 5.74) is 5.65. The lowest BCUT2D eigenvalue weighted by Gasteiger charge is -2.26. The van der Waals surface area contributed by atoms with Gasteiger partial charge in [0.15, 0.2) is 5.15 Å². The van der Waals surface area contributed by atoms with Crippen molar-refractivity contribution in [3.05, 3.63) is 46.1 Å². The van der Waals surface area contributed by atoms with Crippen LogP contribution in [0.15, 0.2) is 24.3 Å². The third-order valence-corrected chi connectivity index (χ3v) is 4.56. The second-order valence-electron chi connectivity index (χ2n) is 5.34. The van der Waals surface area contributed by atoms with Crippen LogP contribution in [0.5, 0.6) is 0 Å². The Labute approximate surface area is 118 Å². The number of rotatable bonds is 2. The maximum Gasteiger partial charge on any atom is 0.154 e. The standard InChI is InChI=1S/C16H17ClN2/c1-10-11(2)16(17)19-18-15(10)14-8-4-7-13(9-14)12-5-3-6-12/h4,7-9,12H,3,5-6H2,1-2H3. The van der Waals surface area contributed by atoms with Crippen LogP contribution in [0.3, 0.4) is 0 Å². The highest BCUT2D eigenvalue weighted by Gasteiger charge is 2.20. The summed E-state index contributed by atoms with van der Waals surface area (Å²) in [5.74, 6) is 0.738. The molecule has 98 valence electrons. The molecule has 19 heavy (non-hydrogen) atoms. The van der Waals surface area contributed by atoms with Crippen LogP contribution in [0.2, 0.25) is 5.15 Å². The van der Waals surface area contributed by atoms with Crippen molar-refractivity contribution in [3.63, 3.8) is 0 Å². The highest BCUT2D eigenvalue weighted by Crippen LogP contribution is 2.37. The summed E-state index contributed by atoms with van der Waals surface area (Å²) in [4.78, 5) is 0. The van der Waals surface area contributed by atoms with Crippen molar-refractivity contribution in [1.82, 2.24) is 10.2 Å². The monoisotopic (exact) mass is 272 g/mol. The van der Waals surface area contributed by atoms with Gasteiger partial charge in [0.1, 0.15) is 0 Å². The molecule has 1 aliphatic rings. The zero-order chi connectivity index (χ0) is 13.4. The minimum Gasteiger partial charge on any atom is -0.149 e. The van der Waals surface area contributed by atoms with Gasteiger partial charge in [0.05, 0.1) is 5.69 Å². The predicted molar refractivity (Wildman–Crippen MR) is 78.5 cm³/mol. The third kappa shape index (κ3) is 2.25. The SMILES string of the molecule is Cc1c(Cl)nnc(-c2cccc(C3CCC3)c2)c1C. The van der Waals surface area contributed by atoms with E-state index >= 15 is 0 Å². The molecule has 0 aliphatic heterocycles. The van der Waals surface area contributed by atoms with Crippen LogP contribution in [-0.4, -0.2) is 10.2 Å². The molecular weight excluding hydrogens is 256 g/mol. The maximum absolute atomic E-state index is 6.01. The van der Waals surface area contributed by atoms with Gasteiger partial charge in [0, 0.05) is 5.56 Å². The Morgan fingerprint density at radius 2 is 1.89 bits per heavy atom. The molecule has 0 unspecified atom stereocenters. The number of halogens is 1. The van der Waals surface area contributed by atoms with Crippen molar-refractivity contribution >= 4 is 11.6 Å². The molecule has 0 atom stereocenters. The van der Waals surface area contributed by atoms with Gasteiger partial charge in [-0.25, -0.2) is 0 Å². The number of aromatic nitrogens is 2. The Balaban J connectivity index is 2.04. The molecule has 1 fully saturated rings. The third-order valence-electron chi connectivity index (χ3n) is 4.20. The van der Waals surface area contributed by atoms with Crippen LogP contribution in [-0.2, 0) is 0 Å². The maximum atomic E-state index is 6.01. The molecule has 3 rings (SSSR count). The van der Waals surface area contributed by atoms with E-state index in [4.69, 9.17) is 11.6 Å². The number of nitrogens with zero attached hydrogens (tertiary/aromatic N) is 2. The fourth-order valence-electron chi connectivity index (χ4n) is 2.53. The summed E-state index contributed by atoms with van der Waals surface area (Å²) < 4.78 is 0. The lowest BCUT2D eigenvalue weighted by atomic mass is 9.79. The average molecular weight is 273 g/mol. The van der Waals surface area contributed by atoms with E-state index < -0.39 is 0 Å². The van der Waals surface area contributed by atoms with Crippen LogP contribution in [0.1, 0.15) is 41.9 Å². The topological polar surface area (TPSA) is 25.8 Å². The molecule has 1 aromatic heterocycles. The molecule has 3 heteroatoms. The van der Waals surface area contributed by atoms with E-state index in [1.165, 1.54) is 24.8 Å². The van der Waals surface area contributed by atoms with E-state index in [0.717, 1.165) is 28.3 Å². The minimum absolute atomic E-state index is 0.497. The zero-order valence-corrected chi connectivity index (χ0v) is 12.0. The molecule has 1 heterocycles. The predicted octanol–water partition coefficient (Wildman–Crippen LogP) is 4.68. The fraction of sp³-hybridized carbons (Fsp3) is 0.375. The van der Waals surface area contributed by atoms with E-state index in [-0.39, 0.29) is 0 Å². The van der Waals surface area contributed by atoms with E-state index in [0.29, 0.717) is 5.15 Å². The van der Waals surface area contributed by atoms with E-state index in [1.54, 1.807) is 0 Å². The van der Waals surface area contributed by atoms with Gasteiger partial charge in [-0.3, -0.25) is 0 Å². The molecule has 2 nitrogen and oxygen atoms in total. The quantitative estimate of drug-likeness (QED) is 0.793. The molecule has 0 amide bonds. The van der Waals surface area contributed by atoms with Crippen LogP contribution in [0, 0.1) is 13.8 Å². The Hall–Kier alpha value is -1.41. The molecule has 1 aliphatic carbocycles. The highest BCUT2D eigenvalue weighted by molar-refractivity contribution is 6.30. The lowest BCUT2D eigenvalue weighted by Crippen LogP contribution is -2.08. The van der Waals surface area contributed by atoms with E-state index in [2.05, 4.69) is 41.4 Å². The first-order valence-corrected chi connectivity index (χ1v) is 7.14. The summed E-state index contributed by atoms with van der Waals surface area (Å²) in [7, 11) is 0. The highest BCUT2D eigenvalue weighted by atomic mass is 35.5. The van der Waals surface area contributed by atoms with Gasteiger partial charge in [-0.2, -0.15) is 0 Å². The second kappa shape index (κ2) is 4.93. The van der Waals surface area contributed by atoms with Crippen molar-refractivity contribution < 1.29 is 0 Å². The molecule has 0 saturated heterocycles. The first-order valence-electron chi connectivity index (χ1n) is 6.76. The van der Waals surface area contributed by atoms with Crippen molar-refractivity contribution in [1.29, 1.82) is 0 Å². The lowest BCUT2D eigenvalue weighted by molar-refractivity contribution is 0.420. The summed E-state index contributed by atoms with van der Waals surface area (Å²) in [6, 6.07) is 8.70. The summed E-state index contributed by atoms with van der Waals surface area (Å²) in [6.07, 6.45) is 3.98. The van der Waals surface area contributed by atoms with Crippen molar-refractivity contribution in [2.75, 3.05) is 0 Å². The van der Waals surface area contributed by atoms with Gasteiger partial charge in [-0.1, -0.05) is 36.2 Å². The zero-order valence-electron chi connectivity index (χ0n) is 11.3. The molecule has 0 spiro atoms. The van der Waals surface area contributed by atoms with Crippen LogP contribution < -0.4 is 0 Å². The summed E-state index contributed by atoms with van der Waals surface area (Å²) >= 11 is 6.01. The number of benzene rings is 1. The Morgan fingerprint density at radius 3 is 2.58 bits per heavy atom. The normalized spacial score (nSPS) is 15.3. The van der Waals surface area contributed by atoms with Gasteiger partial charge in [0.2, 0.25) is 0 Å². The molecule has 0 radical (unpaired) electrons. The minimum atomic E-state index is 0.497. The molecule has 2 aromatic rings. The van der Waals surface area contributed by atoms with Gasteiger partial charge in [0.25, 0.3) is 0 Å². The summed E-state index contributed by atoms with van der Waals surface area (Å²) in [6.45, 7) is 4.05. The Morgan fingerprint density at radius 1 is 1.11 bits per heavy atom. The van der Waals surface area contributed by atoms with Crippen LogP contribution in [0.25, 0.3) is 11.3 Å². The molecule has 1 saturated carbocycles. The number of hydrogen-bond donors (Lipinski definition) is 0. The largest absolute Gasteiger partial charge is 0.154 e. The smallest absolute Gasteiger partial charge is 0.149 e. The van der Waals surface area contributed by atoms with E-state index in [9.17, 15) is 0 Å². The van der Waals surface area contributed by atoms with Gasteiger partial charge >= 0.3 is 0 Å². The first-order chi connectivity index (χ1) is 9.16. The van der Waals surface area contributed by atoms with Crippen LogP contribution in [0.4, 0.5) is 0 Å². The Kier molecular flexibility index (Phi) is 3.28. The van der Waals surface area contributed by atoms with Crippen molar-refractivity contribution in [2.45, 2.75) is 39.0 Å². The molecule has 1 aromatic carbocycles. The number of hydrogen-bond acceptors (Lipinski definition) is 2. The fourth-order valence-corrected chi connectivity index (χ4v) is 2.71. The Bertz CT molecular complexity index is 618. The molecule has 0 N–H and O–H groups in total. The van der Waals surface area contributed by atoms with Gasteiger partial charge in [-0.05, 0) is 55.4 Å².